The predicted octanol–water partition coefficient (Wildman–Crippen LogP) is -0.450. The van der Waals surface area contributed by atoms with E-state index in [1.54, 1.807) is 0 Å². The summed E-state index contributed by atoms with van der Waals surface area (Å²) in [6.07, 6.45) is 11.8. The zero-order valence-corrected chi connectivity index (χ0v) is 16.5. The smallest absolute Gasteiger partial charge is 0.853 e. The van der Waals surface area contributed by atoms with Gasteiger partial charge in [-0.05, 0) is 6.42 Å². The molecule has 122 valence electrons. The molecular formula is C14H29NaO5S. The van der Waals surface area contributed by atoms with Crippen LogP contribution in [0.5, 0.6) is 0 Å². The van der Waals surface area contributed by atoms with E-state index >= 15 is 0 Å². The van der Waals surface area contributed by atoms with Crippen LogP contribution in [0.1, 0.15) is 71.1 Å². The second kappa shape index (κ2) is 17.2. The maximum atomic E-state index is 11.1. The van der Waals surface area contributed by atoms with Gasteiger partial charge in [0.25, 0.3) is 0 Å². The van der Waals surface area contributed by atoms with Crippen LogP contribution in [0.25, 0.3) is 0 Å². The molecule has 0 saturated heterocycles. The van der Waals surface area contributed by atoms with E-state index in [9.17, 15) is 13.5 Å². The first-order valence-corrected chi connectivity index (χ1v) is 9.07. The van der Waals surface area contributed by atoms with Crippen molar-refractivity contribution in [2.75, 3.05) is 19.8 Å². The Morgan fingerprint density at radius 1 is 0.762 bits per heavy atom. The largest absolute Gasteiger partial charge is 1.00 e. The summed E-state index contributed by atoms with van der Waals surface area (Å²) in [5, 5.41) is 10.1. The average molecular weight is 332 g/mol. The van der Waals surface area contributed by atoms with Gasteiger partial charge >= 0.3 is 40.0 Å². The number of hydrogen-bond acceptors (Lipinski definition) is 5. The quantitative estimate of drug-likeness (QED) is 0.300. The standard InChI is InChI=1S/C14H29O5S.Na/c1-2-3-4-5-6-7-8-9-10-11-13-18-20(16,17)19-14-12-15;/h2-14H2,1H3;/q-1;+1. The molecule has 7 heteroatoms. The molecule has 0 N–H and O–H groups in total. The normalized spacial score (nSPS) is 11.3. The van der Waals surface area contributed by atoms with Crippen LogP contribution >= 0.6 is 0 Å². The first-order valence-electron chi connectivity index (χ1n) is 7.74. The Hall–Kier alpha value is 0.830. The van der Waals surface area contributed by atoms with Crippen molar-refractivity contribution in [3.05, 3.63) is 0 Å². The summed E-state index contributed by atoms with van der Waals surface area (Å²) in [6.45, 7) is 1.41. The van der Waals surface area contributed by atoms with Crippen LogP contribution in [0.3, 0.4) is 0 Å². The molecule has 0 unspecified atom stereocenters. The average Bonchev–Trinajstić information content (AvgIpc) is 2.42. The van der Waals surface area contributed by atoms with Gasteiger partial charge in [-0.1, -0.05) is 64.7 Å². The van der Waals surface area contributed by atoms with Crippen LogP contribution in [0.2, 0.25) is 0 Å². The van der Waals surface area contributed by atoms with Crippen molar-refractivity contribution in [1.82, 2.24) is 0 Å². The van der Waals surface area contributed by atoms with Gasteiger partial charge in [0.1, 0.15) is 0 Å². The zero-order valence-electron chi connectivity index (χ0n) is 13.6. The molecule has 0 spiro atoms. The van der Waals surface area contributed by atoms with E-state index in [0.29, 0.717) is 6.42 Å². The minimum absolute atomic E-state index is 0. The Bertz CT molecular complexity index is 296. The Balaban J connectivity index is 0. The van der Waals surface area contributed by atoms with Crippen LogP contribution in [-0.4, -0.2) is 28.2 Å². The summed E-state index contributed by atoms with van der Waals surface area (Å²) in [6, 6.07) is 0. The van der Waals surface area contributed by atoms with Gasteiger partial charge in [-0.2, -0.15) is 8.42 Å². The van der Waals surface area contributed by atoms with Crippen molar-refractivity contribution < 1.29 is 51.4 Å². The molecule has 0 bridgehead atoms. The molecule has 0 saturated carbocycles. The van der Waals surface area contributed by atoms with E-state index in [2.05, 4.69) is 15.3 Å². The van der Waals surface area contributed by atoms with Crippen molar-refractivity contribution in [3.8, 4) is 0 Å². The van der Waals surface area contributed by atoms with Gasteiger partial charge in [0.15, 0.2) is 0 Å². The molecule has 0 amide bonds. The Kier molecular flexibility index (Phi) is 19.7. The van der Waals surface area contributed by atoms with Crippen LogP contribution in [0.4, 0.5) is 0 Å². The van der Waals surface area contributed by atoms with E-state index in [-0.39, 0.29) is 42.8 Å². The van der Waals surface area contributed by atoms with E-state index in [1.807, 2.05) is 0 Å². The maximum Gasteiger partial charge on any atom is 1.00 e. The fourth-order valence-corrected chi connectivity index (χ4v) is 2.58. The first kappa shape index (κ1) is 24.1. The molecular weight excluding hydrogens is 303 g/mol. The predicted molar refractivity (Wildman–Crippen MR) is 77.5 cm³/mol. The maximum absolute atomic E-state index is 11.1. The summed E-state index contributed by atoms with van der Waals surface area (Å²) < 4.78 is 31.1. The van der Waals surface area contributed by atoms with Crippen molar-refractivity contribution in [3.63, 3.8) is 0 Å². The first-order chi connectivity index (χ1) is 9.62. The molecule has 0 aromatic heterocycles. The molecule has 0 aromatic carbocycles. The molecule has 0 aliphatic rings. The third kappa shape index (κ3) is 18.8. The van der Waals surface area contributed by atoms with E-state index in [0.717, 1.165) is 12.8 Å². The molecule has 0 radical (unpaired) electrons. The summed E-state index contributed by atoms with van der Waals surface area (Å²) in [5.74, 6) is 0. The SMILES string of the molecule is CCCCCCCCCCCCOS(=O)(=O)OCC[O-].[Na+]. The molecule has 0 aliphatic carbocycles. The zero-order chi connectivity index (χ0) is 15.1. The van der Waals surface area contributed by atoms with Crippen LogP contribution < -0.4 is 34.7 Å². The van der Waals surface area contributed by atoms with Gasteiger partial charge in [0.2, 0.25) is 0 Å². The molecule has 21 heavy (non-hydrogen) atoms. The monoisotopic (exact) mass is 332 g/mol. The van der Waals surface area contributed by atoms with Gasteiger partial charge in [0, 0.05) is 0 Å². The number of unbranched alkanes of at least 4 members (excludes halogenated alkanes) is 9. The van der Waals surface area contributed by atoms with Gasteiger partial charge in [-0.3, -0.25) is 0 Å². The summed E-state index contributed by atoms with van der Waals surface area (Å²) in [5.41, 5.74) is 0. The van der Waals surface area contributed by atoms with E-state index in [4.69, 9.17) is 0 Å². The molecule has 0 aliphatic heterocycles. The minimum Gasteiger partial charge on any atom is -0.853 e. The second-order valence-electron chi connectivity index (χ2n) is 4.94. The summed E-state index contributed by atoms with van der Waals surface area (Å²) in [7, 11) is -3.95. The van der Waals surface area contributed by atoms with Crippen molar-refractivity contribution in [2.24, 2.45) is 0 Å². The fourth-order valence-electron chi connectivity index (χ4n) is 1.92. The summed E-state index contributed by atoms with van der Waals surface area (Å²) >= 11 is 0. The van der Waals surface area contributed by atoms with E-state index in [1.165, 1.54) is 44.9 Å². The van der Waals surface area contributed by atoms with Gasteiger partial charge in [-0.25, -0.2) is 8.37 Å². The molecule has 0 aromatic rings. The molecule has 0 heterocycles. The topological polar surface area (TPSA) is 75.7 Å². The van der Waals surface area contributed by atoms with Crippen LogP contribution in [0.15, 0.2) is 0 Å². The van der Waals surface area contributed by atoms with Crippen LogP contribution in [-0.2, 0) is 18.8 Å². The third-order valence-corrected chi connectivity index (χ3v) is 3.95. The Labute approximate surface area is 152 Å². The summed E-state index contributed by atoms with van der Waals surface area (Å²) in [4.78, 5) is 0. The van der Waals surface area contributed by atoms with E-state index < -0.39 is 17.0 Å². The number of rotatable bonds is 15. The van der Waals surface area contributed by atoms with Gasteiger partial charge < -0.3 is 5.11 Å². The molecule has 0 rings (SSSR count). The molecule has 0 atom stereocenters. The van der Waals surface area contributed by atoms with Gasteiger partial charge in [0.05, 0.1) is 13.2 Å². The third-order valence-electron chi connectivity index (χ3n) is 3.04. The van der Waals surface area contributed by atoms with Crippen molar-refractivity contribution in [1.29, 1.82) is 0 Å². The van der Waals surface area contributed by atoms with Crippen LogP contribution in [0, 0.1) is 0 Å². The minimum atomic E-state index is -3.95. The fraction of sp³-hybridized carbons (Fsp3) is 1.00. The van der Waals surface area contributed by atoms with Gasteiger partial charge in [-0.15, -0.1) is 6.61 Å². The number of hydrogen-bond donors (Lipinski definition) is 0. The Morgan fingerprint density at radius 2 is 1.19 bits per heavy atom. The Morgan fingerprint density at radius 3 is 1.67 bits per heavy atom. The van der Waals surface area contributed by atoms with Crippen molar-refractivity contribution in [2.45, 2.75) is 71.1 Å². The van der Waals surface area contributed by atoms with Crippen molar-refractivity contribution >= 4 is 10.4 Å². The molecule has 5 nitrogen and oxygen atoms in total. The second-order valence-corrected chi connectivity index (χ2v) is 6.23. The molecule has 0 fully saturated rings.